The molecule has 1 aliphatic rings. The molecule has 1 unspecified atom stereocenters. The lowest BCUT2D eigenvalue weighted by Crippen LogP contribution is -2.25. The first-order valence-electron chi connectivity index (χ1n) is 4.82. The first kappa shape index (κ1) is 11.7. The van der Waals surface area contributed by atoms with Gasteiger partial charge in [-0.2, -0.15) is 0 Å². The van der Waals surface area contributed by atoms with Crippen LogP contribution in [0.2, 0.25) is 5.02 Å². The highest BCUT2D eigenvalue weighted by atomic mass is 79.9. The number of rotatable bonds is 2. The van der Waals surface area contributed by atoms with Gasteiger partial charge in [-0.3, -0.25) is 9.69 Å². The van der Waals surface area contributed by atoms with Gasteiger partial charge in [-0.05, 0) is 5.92 Å². The molecule has 0 spiro atoms. The van der Waals surface area contributed by atoms with Gasteiger partial charge in [0, 0.05) is 30.6 Å². The number of carbonyl (C=O) groups is 1. The molecule has 0 aromatic carbocycles. The van der Waals surface area contributed by atoms with E-state index < -0.39 is 0 Å². The Balaban J connectivity index is 2.28. The number of hydrogen-bond donors (Lipinski definition) is 1. The van der Waals surface area contributed by atoms with E-state index in [0.717, 1.165) is 5.33 Å². The van der Waals surface area contributed by atoms with Gasteiger partial charge in [0.05, 0.1) is 5.02 Å². The van der Waals surface area contributed by atoms with Crippen molar-refractivity contribution in [2.45, 2.75) is 6.42 Å². The molecule has 1 fully saturated rings. The van der Waals surface area contributed by atoms with Gasteiger partial charge < -0.3 is 5.11 Å². The van der Waals surface area contributed by atoms with Crippen molar-refractivity contribution in [2.24, 2.45) is 5.92 Å². The molecule has 1 atom stereocenters. The molecule has 2 rings (SSSR count). The summed E-state index contributed by atoms with van der Waals surface area (Å²) >= 11 is 9.03. The van der Waals surface area contributed by atoms with Crippen LogP contribution in [-0.2, 0) is 4.79 Å². The minimum absolute atomic E-state index is 0.0189. The second-order valence-corrected chi connectivity index (χ2v) is 4.81. The molecule has 1 aromatic heterocycles. The maximum absolute atomic E-state index is 11.7. The van der Waals surface area contributed by atoms with E-state index in [-0.39, 0.29) is 23.4 Å². The first-order valence-corrected chi connectivity index (χ1v) is 6.32. The van der Waals surface area contributed by atoms with Gasteiger partial charge in [-0.1, -0.05) is 27.5 Å². The van der Waals surface area contributed by atoms with Crippen molar-refractivity contribution in [1.29, 1.82) is 0 Å². The summed E-state index contributed by atoms with van der Waals surface area (Å²) in [4.78, 5) is 17.2. The number of nitrogens with zero attached hydrogens (tertiary/aromatic N) is 2. The van der Waals surface area contributed by atoms with Gasteiger partial charge in [0.15, 0.2) is 11.6 Å². The van der Waals surface area contributed by atoms with Crippen molar-refractivity contribution in [1.82, 2.24) is 4.98 Å². The average Bonchev–Trinajstić information content (AvgIpc) is 2.60. The van der Waals surface area contributed by atoms with Gasteiger partial charge >= 0.3 is 0 Å². The molecule has 16 heavy (non-hydrogen) atoms. The number of carbonyl (C=O) groups excluding carboxylic acids is 1. The number of amides is 1. The van der Waals surface area contributed by atoms with Gasteiger partial charge in [-0.25, -0.2) is 4.98 Å². The predicted molar refractivity (Wildman–Crippen MR) is 65.2 cm³/mol. The van der Waals surface area contributed by atoms with E-state index in [1.165, 1.54) is 17.2 Å². The number of aromatic nitrogens is 1. The Bertz CT molecular complexity index is 427. The molecule has 0 saturated carbocycles. The lowest BCUT2D eigenvalue weighted by atomic mass is 10.2. The molecule has 0 bridgehead atoms. The molecule has 0 aliphatic carbocycles. The number of aromatic hydroxyl groups is 1. The zero-order chi connectivity index (χ0) is 11.7. The molecular formula is C10H10BrClN2O2. The molecule has 2 heterocycles. The maximum atomic E-state index is 11.7. The summed E-state index contributed by atoms with van der Waals surface area (Å²) < 4.78 is 0. The zero-order valence-corrected chi connectivity index (χ0v) is 10.7. The average molecular weight is 306 g/mol. The molecule has 4 nitrogen and oxygen atoms in total. The zero-order valence-electron chi connectivity index (χ0n) is 8.36. The van der Waals surface area contributed by atoms with Crippen LogP contribution < -0.4 is 4.90 Å². The summed E-state index contributed by atoms with van der Waals surface area (Å²) in [6.07, 6.45) is 1.90. The van der Waals surface area contributed by atoms with Crippen LogP contribution >= 0.6 is 27.5 Å². The van der Waals surface area contributed by atoms with Crippen LogP contribution in [0.5, 0.6) is 5.75 Å². The fraction of sp³-hybridized carbons (Fsp3) is 0.400. The van der Waals surface area contributed by atoms with Crippen molar-refractivity contribution in [3.63, 3.8) is 0 Å². The van der Waals surface area contributed by atoms with Crippen LogP contribution in [0.15, 0.2) is 12.3 Å². The van der Waals surface area contributed by atoms with E-state index >= 15 is 0 Å². The summed E-state index contributed by atoms with van der Waals surface area (Å²) in [5, 5.41) is 10.8. The number of anilines is 1. The second-order valence-electron chi connectivity index (χ2n) is 3.73. The topological polar surface area (TPSA) is 53.4 Å². The van der Waals surface area contributed by atoms with Crippen LogP contribution in [0, 0.1) is 5.92 Å². The monoisotopic (exact) mass is 304 g/mol. The van der Waals surface area contributed by atoms with Crippen molar-refractivity contribution in [3.05, 3.63) is 17.3 Å². The molecule has 6 heteroatoms. The van der Waals surface area contributed by atoms with Crippen LogP contribution in [-0.4, -0.2) is 27.9 Å². The largest absolute Gasteiger partial charge is 0.504 e. The number of hydrogen-bond acceptors (Lipinski definition) is 3. The summed E-state index contributed by atoms with van der Waals surface area (Å²) in [5.74, 6) is 0.480. The molecule has 1 saturated heterocycles. The number of halogens is 2. The standard InChI is InChI=1S/C10H10BrClN2O2/c11-3-6-1-9(16)14(5-6)10-8(15)2-7(12)4-13-10/h2,4,6,15H,1,3,5H2. The summed E-state index contributed by atoms with van der Waals surface area (Å²) in [6, 6.07) is 1.39. The minimum atomic E-state index is -0.0592. The summed E-state index contributed by atoms with van der Waals surface area (Å²) in [6.45, 7) is 0.576. The maximum Gasteiger partial charge on any atom is 0.228 e. The van der Waals surface area contributed by atoms with E-state index in [1.807, 2.05) is 0 Å². The van der Waals surface area contributed by atoms with Crippen molar-refractivity contribution < 1.29 is 9.90 Å². The molecule has 1 aliphatic heterocycles. The van der Waals surface area contributed by atoms with E-state index in [0.29, 0.717) is 18.0 Å². The Kier molecular flexibility index (Phi) is 3.35. The highest BCUT2D eigenvalue weighted by Gasteiger charge is 2.32. The van der Waals surface area contributed by atoms with Crippen LogP contribution in [0.4, 0.5) is 5.82 Å². The number of pyridine rings is 1. The highest BCUT2D eigenvalue weighted by molar-refractivity contribution is 9.09. The summed E-state index contributed by atoms with van der Waals surface area (Å²) in [7, 11) is 0. The lowest BCUT2D eigenvalue weighted by molar-refractivity contribution is -0.117. The van der Waals surface area contributed by atoms with Crippen molar-refractivity contribution >= 4 is 39.3 Å². The van der Waals surface area contributed by atoms with Crippen LogP contribution in [0.25, 0.3) is 0 Å². The van der Waals surface area contributed by atoms with E-state index in [4.69, 9.17) is 11.6 Å². The van der Waals surface area contributed by atoms with Gasteiger partial charge in [0.2, 0.25) is 5.91 Å². The third-order valence-electron chi connectivity index (χ3n) is 2.49. The van der Waals surface area contributed by atoms with Crippen LogP contribution in [0.3, 0.4) is 0 Å². The lowest BCUT2D eigenvalue weighted by Gasteiger charge is -2.16. The number of alkyl halides is 1. The highest BCUT2D eigenvalue weighted by Crippen LogP contribution is 2.32. The van der Waals surface area contributed by atoms with Crippen molar-refractivity contribution in [2.75, 3.05) is 16.8 Å². The fourth-order valence-corrected chi connectivity index (χ4v) is 2.30. The Morgan fingerprint density at radius 3 is 3.00 bits per heavy atom. The Labute approximate surface area is 106 Å². The molecule has 1 aromatic rings. The quantitative estimate of drug-likeness (QED) is 0.852. The molecule has 1 amide bonds. The Morgan fingerprint density at radius 2 is 2.44 bits per heavy atom. The van der Waals surface area contributed by atoms with Gasteiger partial charge in [0.25, 0.3) is 0 Å². The Hall–Kier alpha value is -0.810. The first-order chi connectivity index (χ1) is 7.61. The SMILES string of the molecule is O=C1CC(CBr)CN1c1ncc(Cl)cc1O. The minimum Gasteiger partial charge on any atom is -0.504 e. The molecule has 0 radical (unpaired) electrons. The van der Waals surface area contributed by atoms with E-state index in [9.17, 15) is 9.90 Å². The van der Waals surface area contributed by atoms with Gasteiger partial charge in [0.1, 0.15) is 0 Å². The summed E-state index contributed by atoms with van der Waals surface area (Å²) in [5.41, 5.74) is 0. The fourth-order valence-electron chi connectivity index (χ4n) is 1.72. The smallest absolute Gasteiger partial charge is 0.228 e. The Morgan fingerprint density at radius 1 is 1.69 bits per heavy atom. The third kappa shape index (κ3) is 2.15. The van der Waals surface area contributed by atoms with Gasteiger partial charge in [-0.15, -0.1) is 0 Å². The predicted octanol–water partition coefficient (Wildman–Crippen LogP) is 2.19. The van der Waals surface area contributed by atoms with Crippen molar-refractivity contribution in [3.8, 4) is 5.75 Å². The second kappa shape index (κ2) is 4.59. The van der Waals surface area contributed by atoms with E-state index in [1.54, 1.807) is 0 Å². The van der Waals surface area contributed by atoms with E-state index in [2.05, 4.69) is 20.9 Å². The molecular weight excluding hydrogens is 295 g/mol. The molecule has 1 N–H and O–H groups in total. The van der Waals surface area contributed by atoms with Crippen LogP contribution in [0.1, 0.15) is 6.42 Å². The third-order valence-corrected chi connectivity index (χ3v) is 3.62. The normalized spacial score (nSPS) is 20.5. The molecule has 86 valence electrons.